The van der Waals surface area contributed by atoms with Gasteiger partial charge in [-0.25, -0.2) is 0 Å². The molecule has 0 spiro atoms. The maximum absolute atomic E-state index is 12.7. The zero-order valence-corrected chi connectivity index (χ0v) is 14.6. The Morgan fingerprint density at radius 3 is 2.67 bits per heavy atom. The first-order valence-electron chi connectivity index (χ1n) is 8.27. The molecular weight excluding hydrogens is 322 g/mol. The molecule has 1 aromatic carbocycles. The van der Waals surface area contributed by atoms with Crippen LogP contribution in [0.3, 0.4) is 0 Å². The fourth-order valence-electron chi connectivity index (χ4n) is 2.86. The largest absolute Gasteiger partial charge is 0.394 e. The number of hydrogen-bond donors (Lipinski definition) is 2. The van der Waals surface area contributed by atoms with E-state index in [9.17, 15) is 4.79 Å². The van der Waals surface area contributed by atoms with E-state index < -0.39 is 0 Å². The molecule has 1 unspecified atom stereocenters. The number of aliphatic hydroxyl groups is 1. The van der Waals surface area contributed by atoms with Crippen molar-refractivity contribution >= 4 is 17.2 Å². The van der Waals surface area contributed by atoms with Gasteiger partial charge in [-0.3, -0.25) is 4.79 Å². The average Bonchev–Trinajstić information content (AvgIpc) is 3.22. The molecule has 1 aliphatic rings. The number of amides is 1. The van der Waals surface area contributed by atoms with Crippen molar-refractivity contribution < 1.29 is 14.6 Å². The summed E-state index contributed by atoms with van der Waals surface area (Å²) in [5.74, 6) is 0.0784. The zero-order chi connectivity index (χ0) is 17.0. The number of thiophene rings is 1. The fraction of sp³-hybridized carbons (Fsp3) is 0.421. The molecule has 1 aromatic heterocycles. The minimum Gasteiger partial charge on any atom is -0.394 e. The molecule has 0 bridgehead atoms. The second-order valence-electron chi connectivity index (χ2n) is 6.26. The molecule has 3 rings (SSSR count). The third-order valence-corrected chi connectivity index (χ3v) is 5.56. The minimum atomic E-state index is -0.330. The van der Waals surface area contributed by atoms with Crippen LogP contribution < -0.4 is 5.32 Å². The van der Waals surface area contributed by atoms with Crippen LogP contribution in [0.25, 0.3) is 0 Å². The number of rotatable bonds is 8. The molecule has 128 valence electrons. The van der Waals surface area contributed by atoms with Crippen LogP contribution in [0.4, 0.5) is 0 Å². The summed E-state index contributed by atoms with van der Waals surface area (Å²) in [5.41, 5.74) is 1.86. The SMILES string of the molecule is Cc1ccc(C(CNC(=O)C2(c3cccs3)CC2)OCCO)cc1. The lowest BCUT2D eigenvalue weighted by Gasteiger charge is -2.21. The molecular formula is C19H23NO3S. The third-order valence-electron chi connectivity index (χ3n) is 4.48. The van der Waals surface area contributed by atoms with Crippen molar-refractivity contribution in [2.45, 2.75) is 31.3 Å². The van der Waals surface area contributed by atoms with E-state index in [2.05, 4.69) is 5.32 Å². The summed E-state index contributed by atoms with van der Waals surface area (Å²) in [4.78, 5) is 13.8. The smallest absolute Gasteiger partial charge is 0.231 e. The topological polar surface area (TPSA) is 58.6 Å². The summed E-state index contributed by atoms with van der Waals surface area (Å²) < 4.78 is 5.73. The summed E-state index contributed by atoms with van der Waals surface area (Å²) in [7, 11) is 0. The molecule has 1 amide bonds. The molecule has 2 aromatic rings. The van der Waals surface area contributed by atoms with Gasteiger partial charge < -0.3 is 15.2 Å². The highest BCUT2D eigenvalue weighted by Crippen LogP contribution is 2.50. The van der Waals surface area contributed by atoms with Gasteiger partial charge in [0.05, 0.1) is 24.7 Å². The lowest BCUT2D eigenvalue weighted by atomic mass is 10.0. The number of nitrogens with one attached hydrogen (secondary N) is 1. The number of aliphatic hydroxyl groups excluding tert-OH is 1. The summed E-state index contributed by atoms with van der Waals surface area (Å²) in [6.07, 6.45) is 1.57. The number of hydrogen-bond acceptors (Lipinski definition) is 4. The zero-order valence-electron chi connectivity index (χ0n) is 13.8. The molecule has 2 N–H and O–H groups in total. The van der Waals surface area contributed by atoms with Crippen molar-refractivity contribution in [3.8, 4) is 0 Å². The second-order valence-corrected chi connectivity index (χ2v) is 7.21. The summed E-state index contributed by atoms with van der Waals surface area (Å²) >= 11 is 1.64. The maximum Gasteiger partial charge on any atom is 0.231 e. The van der Waals surface area contributed by atoms with Gasteiger partial charge in [-0.15, -0.1) is 11.3 Å². The van der Waals surface area contributed by atoms with Gasteiger partial charge in [0.2, 0.25) is 5.91 Å². The van der Waals surface area contributed by atoms with Crippen molar-refractivity contribution in [2.75, 3.05) is 19.8 Å². The van der Waals surface area contributed by atoms with Gasteiger partial charge in [-0.1, -0.05) is 35.9 Å². The van der Waals surface area contributed by atoms with Gasteiger partial charge in [0, 0.05) is 11.4 Å². The van der Waals surface area contributed by atoms with E-state index in [0.29, 0.717) is 6.54 Å². The molecule has 0 saturated heterocycles. The molecule has 5 heteroatoms. The standard InChI is InChI=1S/C19H23NO3S/c1-14-4-6-15(7-5-14)16(23-11-10-21)13-20-18(22)19(8-9-19)17-3-2-12-24-17/h2-7,12,16,21H,8-11,13H2,1H3,(H,20,22). The number of ether oxygens (including phenoxy) is 1. The summed E-state index contributed by atoms with van der Waals surface area (Å²) in [5, 5.41) is 14.1. The Hall–Kier alpha value is -1.69. The first kappa shape index (κ1) is 17.1. The van der Waals surface area contributed by atoms with E-state index in [-0.39, 0.29) is 30.6 Å². The van der Waals surface area contributed by atoms with Crippen LogP contribution in [0.2, 0.25) is 0 Å². The highest BCUT2D eigenvalue weighted by atomic mass is 32.1. The van der Waals surface area contributed by atoms with Gasteiger partial charge in [0.15, 0.2) is 0 Å². The Balaban J connectivity index is 1.65. The van der Waals surface area contributed by atoms with E-state index in [1.165, 1.54) is 5.56 Å². The lowest BCUT2D eigenvalue weighted by Crippen LogP contribution is -2.37. The van der Waals surface area contributed by atoms with E-state index >= 15 is 0 Å². The fourth-order valence-corrected chi connectivity index (χ4v) is 3.85. The lowest BCUT2D eigenvalue weighted by molar-refractivity contribution is -0.124. The van der Waals surface area contributed by atoms with Crippen molar-refractivity contribution in [3.63, 3.8) is 0 Å². The monoisotopic (exact) mass is 345 g/mol. The van der Waals surface area contributed by atoms with E-state index in [0.717, 1.165) is 23.3 Å². The van der Waals surface area contributed by atoms with Crippen molar-refractivity contribution in [1.29, 1.82) is 0 Å². The molecule has 0 radical (unpaired) electrons. The molecule has 1 heterocycles. The van der Waals surface area contributed by atoms with Crippen molar-refractivity contribution in [1.82, 2.24) is 5.32 Å². The van der Waals surface area contributed by atoms with Crippen LogP contribution in [0.5, 0.6) is 0 Å². The summed E-state index contributed by atoms with van der Waals surface area (Å²) in [6, 6.07) is 12.1. The normalized spacial score (nSPS) is 16.6. The van der Waals surface area contributed by atoms with Crippen molar-refractivity contribution in [3.05, 3.63) is 57.8 Å². The average molecular weight is 345 g/mol. The van der Waals surface area contributed by atoms with E-state index in [1.807, 2.05) is 48.7 Å². The number of benzene rings is 1. The molecule has 0 aliphatic heterocycles. The van der Waals surface area contributed by atoms with Gasteiger partial charge >= 0.3 is 0 Å². The van der Waals surface area contributed by atoms with E-state index in [4.69, 9.17) is 9.84 Å². The molecule has 24 heavy (non-hydrogen) atoms. The predicted molar refractivity (Wildman–Crippen MR) is 95.2 cm³/mol. The Labute approximate surface area is 146 Å². The Morgan fingerprint density at radius 2 is 2.08 bits per heavy atom. The number of aryl methyl sites for hydroxylation is 1. The van der Waals surface area contributed by atoms with Crippen LogP contribution in [0.15, 0.2) is 41.8 Å². The van der Waals surface area contributed by atoms with Crippen LogP contribution >= 0.6 is 11.3 Å². The first-order chi connectivity index (χ1) is 11.7. The predicted octanol–water partition coefficient (Wildman–Crippen LogP) is 2.95. The number of carbonyl (C=O) groups is 1. The Kier molecular flexibility index (Phi) is 5.33. The first-order valence-corrected chi connectivity index (χ1v) is 9.15. The van der Waals surface area contributed by atoms with Crippen LogP contribution in [-0.4, -0.2) is 30.8 Å². The summed E-state index contributed by atoms with van der Waals surface area (Å²) in [6.45, 7) is 2.67. The third kappa shape index (κ3) is 3.69. The Bertz CT molecular complexity index is 662. The van der Waals surface area contributed by atoms with Crippen LogP contribution in [0, 0.1) is 6.92 Å². The van der Waals surface area contributed by atoms with E-state index in [1.54, 1.807) is 11.3 Å². The molecule has 4 nitrogen and oxygen atoms in total. The van der Waals surface area contributed by atoms with Gasteiger partial charge in [0.1, 0.15) is 0 Å². The highest BCUT2D eigenvalue weighted by Gasteiger charge is 2.52. The maximum atomic E-state index is 12.7. The second kappa shape index (κ2) is 7.47. The van der Waals surface area contributed by atoms with Crippen LogP contribution in [-0.2, 0) is 14.9 Å². The molecule has 1 aliphatic carbocycles. The molecule has 1 fully saturated rings. The highest BCUT2D eigenvalue weighted by molar-refractivity contribution is 7.10. The van der Waals surface area contributed by atoms with Crippen molar-refractivity contribution in [2.24, 2.45) is 0 Å². The van der Waals surface area contributed by atoms with Gasteiger partial charge in [-0.05, 0) is 36.8 Å². The van der Waals surface area contributed by atoms with Crippen LogP contribution in [0.1, 0.15) is 34.9 Å². The minimum absolute atomic E-state index is 0.0323. The Morgan fingerprint density at radius 1 is 1.33 bits per heavy atom. The van der Waals surface area contributed by atoms with Gasteiger partial charge in [0.25, 0.3) is 0 Å². The number of carbonyl (C=O) groups excluding carboxylic acids is 1. The quantitative estimate of drug-likeness (QED) is 0.773. The van der Waals surface area contributed by atoms with Gasteiger partial charge in [-0.2, -0.15) is 0 Å². The molecule has 1 saturated carbocycles. The molecule has 1 atom stereocenters.